The predicted octanol–water partition coefficient (Wildman–Crippen LogP) is -0.671. The van der Waals surface area contributed by atoms with Crippen molar-refractivity contribution >= 4 is 16.0 Å². The van der Waals surface area contributed by atoms with Gasteiger partial charge in [0.1, 0.15) is 4.90 Å². The van der Waals surface area contributed by atoms with Crippen LogP contribution in [-0.2, 0) is 14.8 Å². The molecule has 108 valence electrons. The summed E-state index contributed by atoms with van der Waals surface area (Å²) in [5.41, 5.74) is -0.412. The molecule has 0 spiro atoms. The minimum Gasteiger partial charge on any atom is -0.476 e. The molecule has 0 aliphatic carbocycles. The maximum absolute atomic E-state index is 12.5. The van der Waals surface area contributed by atoms with Gasteiger partial charge in [-0.3, -0.25) is 5.10 Å². The van der Waals surface area contributed by atoms with Crippen molar-refractivity contribution in [2.75, 3.05) is 19.7 Å². The Morgan fingerprint density at radius 1 is 1.65 bits per heavy atom. The molecule has 2 rings (SSSR count). The second kappa shape index (κ2) is 5.20. The van der Waals surface area contributed by atoms with Crippen LogP contribution in [0.3, 0.4) is 0 Å². The van der Waals surface area contributed by atoms with Crippen molar-refractivity contribution in [3.63, 3.8) is 0 Å². The van der Waals surface area contributed by atoms with Crippen LogP contribution in [0.1, 0.15) is 16.2 Å². The molecule has 10 heteroatoms. The molecule has 0 bridgehead atoms. The first-order chi connectivity index (χ1) is 9.37. The Balaban J connectivity index is 2.43. The van der Waals surface area contributed by atoms with E-state index in [-0.39, 0.29) is 30.3 Å². The normalized spacial score (nSPS) is 20.5. The molecule has 0 radical (unpaired) electrons. The molecule has 2 N–H and O–H groups in total. The number of nitrogens with zero attached hydrogens (tertiary/aromatic N) is 3. The van der Waals surface area contributed by atoms with Crippen LogP contribution in [-0.4, -0.2) is 59.8 Å². The van der Waals surface area contributed by atoms with E-state index in [0.717, 1.165) is 4.31 Å². The monoisotopic (exact) mass is 300 g/mol. The lowest BCUT2D eigenvalue weighted by Gasteiger charge is -2.28. The van der Waals surface area contributed by atoms with Crippen molar-refractivity contribution in [1.29, 1.82) is 5.26 Å². The number of hydrogen-bond acceptors (Lipinski definition) is 6. The fraction of sp³-hybridized carbons (Fsp3) is 0.500. The minimum absolute atomic E-state index is 0.0597. The number of morpholine rings is 1. The SMILES string of the molecule is Cc1[nH]nc(C(=O)O)c1S(=O)(=O)N1CCOC(C#N)C1. The molecule has 1 aromatic rings. The molecule has 20 heavy (non-hydrogen) atoms. The standard InChI is InChI=1S/C10H12N4O5S/c1-6-9(8(10(15)16)13-12-6)20(17,18)14-2-3-19-7(4-11)5-14/h7H,2-3,5H2,1H3,(H,12,13)(H,15,16). The van der Waals surface area contributed by atoms with Crippen molar-refractivity contribution in [2.24, 2.45) is 0 Å². The molecule has 1 aromatic heterocycles. The largest absolute Gasteiger partial charge is 0.476 e. The lowest BCUT2D eigenvalue weighted by molar-refractivity contribution is 0.0311. The van der Waals surface area contributed by atoms with E-state index in [1.54, 1.807) is 0 Å². The molecule has 1 aliphatic heterocycles. The number of carboxylic acid groups (broad SMARTS) is 1. The third kappa shape index (κ3) is 2.38. The number of carbonyl (C=O) groups is 1. The van der Waals surface area contributed by atoms with Gasteiger partial charge in [0.05, 0.1) is 24.9 Å². The number of hydrogen-bond donors (Lipinski definition) is 2. The van der Waals surface area contributed by atoms with Gasteiger partial charge in [-0.05, 0) is 6.92 Å². The topological polar surface area (TPSA) is 136 Å². The molecule has 1 atom stereocenters. The minimum atomic E-state index is -4.04. The van der Waals surface area contributed by atoms with Crippen molar-refractivity contribution in [1.82, 2.24) is 14.5 Å². The third-order valence-electron chi connectivity index (χ3n) is 2.86. The lowest BCUT2D eigenvalue weighted by atomic mass is 10.3. The molecule has 0 aromatic carbocycles. The number of aromatic amines is 1. The van der Waals surface area contributed by atoms with Gasteiger partial charge in [0, 0.05) is 6.54 Å². The molecule has 0 saturated carbocycles. The Kier molecular flexibility index (Phi) is 3.76. The summed E-state index contributed by atoms with van der Waals surface area (Å²) in [6, 6.07) is 1.84. The number of H-pyrrole nitrogens is 1. The molecular weight excluding hydrogens is 288 g/mol. The van der Waals surface area contributed by atoms with Crippen LogP contribution in [0.15, 0.2) is 4.90 Å². The first-order valence-corrected chi connectivity index (χ1v) is 7.11. The molecular formula is C10H12N4O5S. The Morgan fingerprint density at radius 3 is 2.95 bits per heavy atom. The summed E-state index contributed by atoms with van der Waals surface area (Å²) in [5, 5.41) is 23.6. The Labute approximate surface area is 114 Å². The number of aryl methyl sites for hydroxylation is 1. The molecule has 1 saturated heterocycles. The Bertz CT molecular complexity index is 674. The summed E-state index contributed by atoms with van der Waals surface area (Å²) in [7, 11) is -4.04. The van der Waals surface area contributed by atoms with E-state index in [4.69, 9.17) is 15.1 Å². The highest BCUT2D eigenvalue weighted by atomic mass is 32.2. The Morgan fingerprint density at radius 2 is 2.35 bits per heavy atom. The molecule has 1 unspecified atom stereocenters. The van der Waals surface area contributed by atoms with Crippen LogP contribution in [0.5, 0.6) is 0 Å². The van der Waals surface area contributed by atoms with E-state index in [0.29, 0.717) is 0 Å². The first kappa shape index (κ1) is 14.4. The number of carboxylic acids is 1. The number of ether oxygens (including phenoxy) is 1. The van der Waals surface area contributed by atoms with E-state index in [2.05, 4.69) is 10.2 Å². The van der Waals surface area contributed by atoms with Gasteiger partial charge in [-0.1, -0.05) is 0 Å². The number of sulfonamides is 1. The van der Waals surface area contributed by atoms with Gasteiger partial charge < -0.3 is 9.84 Å². The zero-order chi connectivity index (χ0) is 14.9. The van der Waals surface area contributed by atoms with Crippen LogP contribution in [0.4, 0.5) is 0 Å². The van der Waals surface area contributed by atoms with E-state index in [1.807, 2.05) is 6.07 Å². The van der Waals surface area contributed by atoms with Crippen LogP contribution >= 0.6 is 0 Å². The van der Waals surface area contributed by atoms with Crippen LogP contribution in [0.25, 0.3) is 0 Å². The predicted molar refractivity (Wildman–Crippen MR) is 64.4 cm³/mol. The van der Waals surface area contributed by atoms with Crippen molar-refractivity contribution in [3.05, 3.63) is 11.4 Å². The highest BCUT2D eigenvalue weighted by molar-refractivity contribution is 7.89. The summed E-state index contributed by atoms with van der Waals surface area (Å²) in [6.07, 6.45) is -0.862. The fourth-order valence-electron chi connectivity index (χ4n) is 1.93. The second-order valence-electron chi connectivity index (χ2n) is 4.18. The Hall–Kier alpha value is -1.96. The fourth-order valence-corrected chi connectivity index (χ4v) is 3.65. The molecule has 2 heterocycles. The highest BCUT2D eigenvalue weighted by Crippen LogP contribution is 2.23. The zero-order valence-electron chi connectivity index (χ0n) is 10.5. The van der Waals surface area contributed by atoms with Crippen molar-refractivity contribution in [2.45, 2.75) is 17.9 Å². The highest BCUT2D eigenvalue weighted by Gasteiger charge is 2.36. The van der Waals surface area contributed by atoms with Gasteiger partial charge in [0.25, 0.3) is 0 Å². The second-order valence-corrected chi connectivity index (χ2v) is 6.06. The molecule has 1 fully saturated rings. The number of aromatic nitrogens is 2. The average molecular weight is 300 g/mol. The van der Waals surface area contributed by atoms with E-state index < -0.39 is 27.8 Å². The van der Waals surface area contributed by atoms with Crippen LogP contribution in [0, 0.1) is 18.3 Å². The van der Waals surface area contributed by atoms with Gasteiger partial charge in [-0.15, -0.1) is 0 Å². The third-order valence-corrected chi connectivity index (χ3v) is 4.89. The maximum Gasteiger partial charge on any atom is 0.357 e. The van der Waals surface area contributed by atoms with Crippen molar-refractivity contribution < 1.29 is 23.1 Å². The number of rotatable bonds is 3. The first-order valence-electron chi connectivity index (χ1n) is 5.67. The van der Waals surface area contributed by atoms with Crippen LogP contribution in [0.2, 0.25) is 0 Å². The summed E-state index contributed by atoms with van der Waals surface area (Å²) in [6.45, 7) is 1.43. The lowest BCUT2D eigenvalue weighted by Crippen LogP contribution is -2.45. The molecule has 1 aliphatic rings. The van der Waals surface area contributed by atoms with Gasteiger partial charge >= 0.3 is 5.97 Å². The van der Waals surface area contributed by atoms with E-state index >= 15 is 0 Å². The van der Waals surface area contributed by atoms with Gasteiger partial charge in [0.15, 0.2) is 11.8 Å². The summed E-state index contributed by atoms with van der Waals surface area (Å²) in [4.78, 5) is 10.7. The quantitative estimate of drug-likeness (QED) is 0.755. The number of nitriles is 1. The summed E-state index contributed by atoms with van der Waals surface area (Å²) in [5.74, 6) is -1.43. The maximum atomic E-state index is 12.5. The molecule has 9 nitrogen and oxygen atoms in total. The van der Waals surface area contributed by atoms with Crippen LogP contribution < -0.4 is 0 Å². The number of nitrogens with one attached hydrogen (secondary N) is 1. The van der Waals surface area contributed by atoms with E-state index in [1.165, 1.54) is 6.92 Å². The van der Waals surface area contributed by atoms with Gasteiger partial charge in [-0.25, -0.2) is 13.2 Å². The number of aromatic carboxylic acids is 1. The van der Waals surface area contributed by atoms with E-state index in [9.17, 15) is 13.2 Å². The zero-order valence-corrected chi connectivity index (χ0v) is 11.3. The van der Waals surface area contributed by atoms with Gasteiger partial charge in [0.2, 0.25) is 10.0 Å². The average Bonchev–Trinajstić information content (AvgIpc) is 2.81. The summed E-state index contributed by atoms with van der Waals surface area (Å²) >= 11 is 0. The van der Waals surface area contributed by atoms with Crippen molar-refractivity contribution in [3.8, 4) is 6.07 Å². The summed E-state index contributed by atoms with van der Waals surface area (Å²) < 4.78 is 31.1. The molecule has 0 amide bonds. The smallest absolute Gasteiger partial charge is 0.357 e. The van der Waals surface area contributed by atoms with Gasteiger partial charge in [-0.2, -0.15) is 14.7 Å².